The van der Waals surface area contributed by atoms with Crippen molar-refractivity contribution >= 4 is 21.7 Å². The number of nitrogens with one attached hydrogen (secondary N) is 2. The third-order valence-corrected chi connectivity index (χ3v) is 4.30. The van der Waals surface area contributed by atoms with Crippen molar-refractivity contribution in [1.82, 2.24) is 10.9 Å². The van der Waals surface area contributed by atoms with Crippen LogP contribution in [0.25, 0.3) is 0 Å². The Hall–Kier alpha value is -2.94. The van der Waals surface area contributed by atoms with Crippen molar-refractivity contribution in [3.8, 4) is 5.75 Å². The van der Waals surface area contributed by atoms with Crippen LogP contribution in [0, 0.1) is 5.82 Å². The second-order valence-electron chi connectivity index (χ2n) is 5.92. The predicted octanol–water partition coefficient (Wildman–Crippen LogP) is 1.60. The van der Waals surface area contributed by atoms with E-state index in [-0.39, 0.29) is 11.3 Å². The predicted molar refractivity (Wildman–Crippen MR) is 97.1 cm³/mol. The van der Waals surface area contributed by atoms with E-state index in [1.54, 1.807) is 0 Å². The van der Waals surface area contributed by atoms with Crippen LogP contribution in [0.4, 0.5) is 4.39 Å². The number of hydrogen-bond acceptors (Lipinski definition) is 5. The number of halogens is 1. The van der Waals surface area contributed by atoms with Crippen LogP contribution in [-0.4, -0.2) is 32.6 Å². The molecule has 0 bridgehead atoms. The molecule has 0 spiro atoms. The molecule has 0 saturated heterocycles. The van der Waals surface area contributed by atoms with Crippen molar-refractivity contribution in [2.75, 3.05) is 6.26 Å². The van der Waals surface area contributed by atoms with E-state index in [2.05, 4.69) is 10.9 Å². The average Bonchev–Trinajstić information content (AvgIpc) is 2.60. The van der Waals surface area contributed by atoms with Crippen LogP contribution < -0.4 is 15.6 Å². The highest BCUT2D eigenvalue weighted by Crippen LogP contribution is 2.13. The molecule has 0 aliphatic carbocycles. The van der Waals surface area contributed by atoms with Crippen molar-refractivity contribution in [2.45, 2.75) is 18.8 Å². The molecule has 2 aromatic rings. The maximum atomic E-state index is 12.8. The van der Waals surface area contributed by atoms with Crippen molar-refractivity contribution in [3.63, 3.8) is 0 Å². The van der Waals surface area contributed by atoms with Crippen molar-refractivity contribution < 1.29 is 27.1 Å². The summed E-state index contributed by atoms with van der Waals surface area (Å²) in [5.41, 5.74) is 5.28. The van der Waals surface area contributed by atoms with Gasteiger partial charge in [-0.15, -0.1) is 0 Å². The summed E-state index contributed by atoms with van der Waals surface area (Å²) >= 11 is 0. The first-order chi connectivity index (χ1) is 12.6. The zero-order valence-electron chi connectivity index (χ0n) is 14.7. The second kappa shape index (κ2) is 8.63. The van der Waals surface area contributed by atoms with Gasteiger partial charge in [-0.1, -0.05) is 12.1 Å². The molecule has 1 atom stereocenters. The van der Waals surface area contributed by atoms with Gasteiger partial charge in [0.15, 0.2) is 15.9 Å². The number of carbonyl (C=O) groups is 2. The van der Waals surface area contributed by atoms with Crippen LogP contribution in [-0.2, 0) is 20.4 Å². The fourth-order valence-corrected chi connectivity index (χ4v) is 2.92. The fraction of sp³-hybridized carbons (Fsp3) is 0.222. The first kappa shape index (κ1) is 20.4. The van der Waals surface area contributed by atoms with E-state index < -0.39 is 33.6 Å². The molecular weight excluding hydrogens is 375 g/mol. The maximum Gasteiger partial charge on any atom is 0.279 e. The number of carbonyl (C=O) groups excluding carboxylic acids is 2. The van der Waals surface area contributed by atoms with E-state index in [9.17, 15) is 22.4 Å². The average molecular weight is 394 g/mol. The molecular formula is C18H19FN2O5S. The molecule has 0 radical (unpaired) electrons. The summed E-state index contributed by atoms with van der Waals surface area (Å²) in [4.78, 5) is 24.0. The summed E-state index contributed by atoms with van der Waals surface area (Å²) in [7, 11) is -3.16. The van der Waals surface area contributed by atoms with E-state index in [1.165, 1.54) is 55.5 Å². The molecule has 0 saturated carbocycles. The van der Waals surface area contributed by atoms with Gasteiger partial charge in [-0.05, 0) is 48.9 Å². The number of rotatable bonds is 6. The number of hydrazine groups is 1. The minimum absolute atomic E-state index is 0.121. The zero-order chi connectivity index (χ0) is 20.0. The Bertz CT molecular complexity index is 912. The largest absolute Gasteiger partial charge is 0.481 e. The Balaban J connectivity index is 1.86. The third kappa shape index (κ3) is 6.70. The van der Waals surface area contributed by atoms with Gasteiger partial charge in [-0.25, -0.2) is 12.8 Å². The number of amides is 2. The summed E-state index contributed by atoms with van der Waals surface area (Å²) in [5.74, 6) is -1.39. The van der Waals surface area contributed by atoms with Crippen molar-refractivity contribution in [1.29, 1.82) is 0 Å². The molecule has 2 amide bonds. The van der Waals surface area contributed by atoms with Crippen LogP contribution in [0.2, 0.25) is 0 Å². The lowest BCUT2D eigenvalue weighted by Crippen LogP contribution is -2.47. The van der Waals surface area contributed by atoms with Gasteiger partial charge in [0.05, 0.1) is 5.75 Å². The van der Waals surface area contributed by atoms with Crippen LogP contribution in [0.5, 0.6) is 5.75 Å². The molecule has 0 aromatic heterocycles. The smallest absolute Gasteiger partial charge is 0.279 e. The molecule has 0 heterocycles. The Kier molecular flexibility index (Phi) is 6.51. The molecule has 2 aromatic carbocycles. The third-order valence-electron chi connectivity index (χ3n) is 3.44. The van der Waals surface area contributed by atoms with Gasteiger partial charge in [0.2, 0.25) is 0 Å². The Morgan fingerprint density at radius 3 is 2.19 bits per heavy atom. The Morgan fingerprint density at radius 1 is 1.04 bits per heavy atom. The highest BCUT2D eigenvalue weighted by atomic mass is 32.2. The topological polar surface area (TPSA) is 102 Å². The summed E-state index contributed by atoms with van der Waals surface area (Å²) < 4.78 is 40.7. The van der Waals surface area contributed by atoms with Gasteiger partial charge in [-0.2, -0.15) is 0 Å². The normalized spacial score (nSPS) is 12.1. The van der Waals surface area contributed by atoms with E-state index in [1.807, 2.05) is 0 Å². The number of ether oxygens (including phenoxy) is 1. The minimum Gasteiger partial charge on any atom is -0.481 e. The van der Waals surface area contributed by atoms with Gasteiger partial charge in [-0.3, -0.25) is 20.4 Å². The summed E-state index contributed by atoms with van der Waals surface area (Å²) in [6.07, 6.45) is 0.200. The molecule has 0 fully saturated rings. The molecule has 2 rings (SSSR count). The zero-order valence-corrected chi connectivity index (χ0v) is 15.5. The second-order valence-corrected chi connectivity index (χ2v) is 8.06. The van der Waals surface area contributed by atoms with Gasteiger partial charge < -0.3 is 4.74 Å². The quantitative estimate of drug-likeness (QED) is 0.725. The number of sulfone groups is 1. The summed E-state index contributed by atoms with van der Waals surface area (Å²) in [6, 6.07) is 11.1. The molecule has 1 unspecified atom stereocenters. The highest BCUT2D eigenvalue weighted by molar-refractivity contribution is 7.89. The van der Waals surface area contributed by atoms with Gasteiger partial charge in [0.25, 0.3) is 11.8 Å². The minimum atomic E-state index is -3.16. The lowest BCUT2D eigenvalue weighted by Gasteiger charge is -2.15. The first-order valence-corrected chi connectivity index (χ1v) is 9.99. The highest BCUT2D eigenvalue weighted by Gasteiger charge is 2.16. The summed E-state index contributed by atoms with van der Waals surface area (Å²) in [5, 5.41) is 0. The van der Waals surface area contributed by atoms with Crippen LogP contribution in [0.3, 0.4) is 0 Å². The van der Waals surface area contributed by atoms with E-state index >= 15 is 0 Å². The van der Waals surface area contributed by atoms with Crippen molar-refractivity contribution in [2.24, 2.45) is 0 Å². The van der Waals surface area contributed by atoms with Gasteiger partial charge >= 0.3 is 0 Å². The fourth-order valence-electron chi connectivity index (χ4n) is 2.12. The maximum absolute atomic E-state index is 12.8. The lowest BCUT2D eigenvalue weighted by atomic mass is 10.1. The monoisotopic (exact) mass is 394 g/mol. The van der Waals surface area contributed by atoms with E-state index in [0.29, 0.717) is 11.3 Å². The first-order valence-electron chi connectivity index (χ1n) is 7.93. The molecule has 27 heavy (non-hydrogen) atoms. The molecule has 9 heteroatoms. The molecule has 0 aliphatic heterocycles. The van der Waals surface area contributed by atoms with Gasteiger partial charge in [0.1, 0.15) is 11.6 Å². The molecule has 0 aliphatic rings. The van der Waals surface area contributed by atoms with Crippen molar-refractivity contribution in [3.05, 3.63) is 65.5 Å². The van der Waals surface area contributed by atoms with E-state index in [0.717, 1.165) is 6.26 Å². The molecule has 2 N–H and O–H groups in total. The van der Waals surface area contributed by atoms with Crippen LogP contribution in [0.15, 0.2) is 48.5 Å². The standard InChI is InChI=1S/C18H19FN2O5S/c1-12(26-16-9-7-15(19)8-10-16)17(22)20-21-18(23)14-5-3-13(4-6-14)11-27(2,24)25/h3-10,12H,11H2,1-2H3,(H,20,22)(H,21,23). The molecule has 7 nitrogen and oxygen atoms in total. The van der Waals surface area contributed by atoms with E-state index in [4.69, 9.17) is 4.74 Å². The Morgan fingerprint density at radius 2 is 1.63 bits per heavy atom. The number of benzene rings is 2. The lowest BCUT2D eigenvalue weighted by molar-refractivity contribution is -0.128. The number of hydrogen-bond donors (Lipinski definition) is 2. The Labute approximate surface area is 156 Å². The van der Waals surface area contributed by atoms with Crippen LogP contribution in [0.1, 0.15) is 22.8 Å². The molecule has 144 valence electrons. The van der Waals surface area contributed by atoms with Crippen LogP contribution >= 0.6 is 0 Å². The SMILES string of the molecule is CC(Oc1ccc(F)cc1)C(=O)NNC(=O)c1ccc(CS(C)(=O)=O)cc1. The van der Waals surface area contributed by atoms with Gasteiger partial charge in [0, 0.05) is 11.8 Å². The summed E-state index contributed by atoms with van der Waals surface area (Å²) in [6.45, 7) is 1.48.